The van der Waals surface area contributed by atoms with Crippen molar-refractivity contribution in [1.82, 2.24) is 9.78 Å². The number of hydrogen-bond donors (Lipinski definition) is 1. The van der Waals surface area contributed by atoms with Crippen LogP contribution in [0.2, 0.25) is 0 Å². The molecule has 0 atom stereocenters. The molecule has 108 valence electrons. The Labute approximate surface area is 124 Å². The fourth-order valence-electron chi connectivity index (χ4n) is 1.70. The predicted molar refractivity (Wildman–Crippen MR) is 79.4 cm³/mol. The molecule has 0 aliphatic rings. The number of anilines is 1. The number of nitrogens with zero attached hydrogens (tertiary/aromatic N) is 2. The summed E-state index contributed by atoms with van der Waals surface area (Å²) in [6.07, 6.45) is 2.73. The molecule has 0 amide bonds. The normalized spacial score (nSPS) is 11.8. The zero-order valence-corrected chi connectivity index (χ0v) is 13.1. The van der Waals surface area contributed by atoms with E-state index in [4.69, 9.17) is 5.73 Å². The molecule has 2 rings (SSSR count). The molecule has 0 saturated carbocycles. The molecule has 5 nitrogen and oxygen atoms in total. The van der Waals surface area contributed by atoms with Gasteiger partial charge in [-0.3, -0.25) is 4.68 Å². The number of halogens is 2. The molecule has 0 saturated heterocycles. The summed E-state index contributed by atoms with van der Waals surface area (Å²) in [6, 6.07) is 4.21. The van der Waals surface area contributed by atoms with Crippen LogP contribution >= 0.6 is 15.9 Å². The number of sulfone groups is 1. The Morgan fingerprint density at radius 3 is 2.75 bits per heavy atom. The van der Waals surface area contributed by atoms with Gasteiger partial charge in [-0.1, -0.05) is 0 Å². The fraction of sp³-hybridized carbons (Fsp3) is 0.250. The second-order valence-corrected chi connectivity index (χ2v) is 7.56. The van der Waals surface area contributed by atoms with Crippen LogP contribution in [0, 0.1) is 5.82 Å². The van der Waals surface area contributed by atoms with E-state index in [0.717, 1.165) is 6.26 Å². The lowest BCUT2D eigenvalue weighted by molar-refractivity contribution is 0.586. The van der Waals surface area contributed by atoms with E-state index in [-0.39, 0.29) is 18.1 Å². The van der Waals surface area contributed by atoms with Gasteiger partial charge in [0, 0.05) is 22.5 Å². The molecule has 0 radical (unpaired) electrons. The second kappa shape index (κ2) is 5.53. The Balaban J connectivity index is 2.32. The monoisotopic (exact) mass is 361 g/mol. The lowest BCUT2D eigenvalue weighted by atomic mass is 10.1. The fourth-order valence-corrected chi connectivity index (χ4v) is 2.76. The third-order valence-corrected chi connectivity index (χ3v) is 4.25. The lowest BCUT2D eigenvalue weighted by Crippen LogP contribution is -2.11. The van der Waals surface area contributed by atoms with E-state index in [1.54, 1.807) is 12.3 Å². The van der Waals surface area contributed by atoms with Gasteiger partial charge in [-0.05, 0) is 34.1 Å². The molecular weight excluding hydrogens is 349 g/mol. The molecule has 2 N–H and O–H groups in total. The van der Waals surface area contributed by atoms with Crippen molar-refractivity contribution in [2.45, 2.75) is 6.54 Å². The average Bonchev–Trinajstić information content (AvgIpc) is 2.67. The van der Waals surface area contributed by atoms with Gasteiger partial charge in [0.2, 0.25) is 0 Å². The maximum atomic E-state index is 13.1. The highest BCUT2D eigenvalue weighted by atomic mass is 79.9. The Morgan fingerprint density at radius 2 is 2.15 bits per heavy atom. The maximum absolute atomic E-state index is 13.1. The summed E-state index contributed by atoms with van der Waals surface area (Å²) < 4.78 is 37.4. The summed E-state index contributed by atoms with van der Waals surface area (Å²) in [5.74, 6) is -0.381. The number of benzene rings is 1. The van der Waals surface area contributed by atoms with Crippen molar-refractivity contribution in [1.29, 1.82) is 0 Å². The van der Waals surface area contributed by atoms with Crippen molar-refractivity contribution in [3.8, 4) is 11.3 Å². The van der Waals surface area contributed by atoms with Crippen LogP contribution in [0.4, 0.5) is 10.1 Å². The summed E-state index contributed by atoms with van der Waals surface area (Å²) in [5.41, 5.74) is 7.43. The number of nitrogens with two attached hydrogens (primary N) is 1. The zero-order valence-electron chi connectivity index (χ0n) is 10.7. The van der Waals surface area contributed by atoms with E-state index in [1.807, 2.05) is 0 Å². The van der Waals surface area contributed by atoms with Crippen LogP contribution in [0.5, 0.6) is 0 Å². The first-order valence-corrected chi connectivity index (χ1v) is 8.58. The van der Waals surface area contributed by atoms with Crippen molar-refractivity contribution >= 4 is 31.5 Å². The number of hydrogen-bond acceptors (Lipinski definition) is 4. The van der Waals surface area contributed by atoms with Gasteiger partial charge in [-0.2, -0.15) is 5.10 Å². The number of nitrogen functional groups attached to an aromatic ring is 1. The third-order valence-electron chi connectivity index (χ3n) is 2.67. The molecule has 0 spiro atoms. The molecule has 20 heavy (non-hydrogen) atoms. The first-order chi connectivity index (χ1) is 9.26. The molecule has 2 aromatic rings. The summed E-state index contributed by atoms with van der Waals surface area (Å²) in [5, 5.41) is 4.25. The van der Waals surface area contributed by atoms with Crippen molar-refractivity contribution in [2.24, 2.45) is 0 Å². The average molecular weight is 362 g/mol. The van der Waals surface area contributed by atoms with E-state index in [0.29, 0.717) is 21.4 Å². The Hall–Kier alpha value is -1.41. The Kier molecular flexibility index (Phi) is 4.14. The minimum Gasteiger partial charge on any atom is -0.396 e. The first-order valence-electron chi connectivity index (χ1n) is 5.72. The first kappa shape index (κ1) is 15.0. The van der Waals surface area contributed by atoms with Crippen molar-refractivity contribution in [3.63, 3.8) is 0 Å². The Morgan fingerprint density at radius 1 is 1.45 bits per heavy atom. The van der Waals surface area contributed by atoms with E-state index in [2.05, 4.69) is 21.0 Å². The summed E-state index contributed by atoms with van der Waals surface area (Å²) in [7, 11) is -3.06. The Bertz CT molecular complexity index is 743. The van der Waals surface area contributed by atoms with Crippen LogP contribution in [0.25, 0.3) is 11.3 Å². The van der Waals surface area contributed by atoms with Gasteiger partial charge in [-0.25, -0.2) is 12.8 Å². The van der Waals surface area contributed by atoms with E-state index in [9.17, 15) is 12.8 Å². The quantitative estimate of drug-likeness (QED) is 0.903. The van der Waals surface area contributed by atoms with Gasteiger partial charge in [0.15, 0.2) is 0 Å². The van der Waals surface area contributed by atoms with E-state index in [1.165, 1.54) is 16.8 Å². The van der Waals surface area contributed by atoms with Crippen LogP contribution in [-0.4, -0.2) is 30.2 Å². The maximum Gasteiger partial charge on any atom is 0.149 e. The van der Waals surface area contributed by atoms with Gasteiger partial charge >= 0.3 is 0 Å². The molecule has 0 bridgehead atoms. The van der Waals surface area contributed by atoms with Crippen LogP contribution in [-0.2, 0) is 16.4 Å². The van der Waals surface area contributed by atoms with Crippen LogP contribution < -0.4 is 5.73 Å². The predicted octanol–water partition coefficient (Wildman–Crippen LogP) is 2.08. The molecular formula is C12H13BrFN3O2S. The number of aryl methyl sites for hydroxylation is 1. The minimum absolute atomic E-state index is 0.0157. The molecule has 1 aromatic heterocycles. The molecule has 8 heteroatoms. The van der Waals surface area contributed by atoms with Crippen LogP contribution in [0.1, 0.15) is 0 Å². The molecule has 0 aliphatic carbocycles. The smallest absolute Gasteiger partial charge is 0.149 e. The van der Waals surface area contributed by atoms with Gasteiger partial charge < -0.3 is 5.73 Å². The van der Waals surface area contributed by atoms with E-state index >= 15 is 0 Å². The SMILES string of the molecule is CS(=O)(=O)CCn1cc(N)c(-c2ccc(F)cc2Br)n1. The molecule has 1 aromatic carbocycles. The van der Waals surface area contributed by atoms with Gasteiger partial charge in [0.25, 0.3) is 0 Å². The van der Waals surface area contributed by atoms with E-state index < -0.39 is 9.84 Å². The van der Waals surface area contributed by atoms with Crippen molar-refractivity contribution < 1.29 is 12.8 Å². The standard InChI is InChI=1S/C12H13BrFN3O2S/c1-20(18,19)5-4-17-7-11(15)12(16-17)9-3-2-8(14)6-10(9)13/h2-3,6-7H,4-5,15H2,1H3. The zero-order chi connectivity index (χ0) is 14.9. The highest BCUT2D eigenvalue weighted by Gasteiger charge is 2.13. The third kappa shape index (κ3) is 3.57. The summed E-state index contributed by atoms with van der Waals surface area (Å²) in [6.45, 7) is 0.224. The van der Waals surface area contributed by atoms with Gasteiger partial charge in [0.1, 0.15) is 21.3 Å². The van der Waals surface area contributed by atoms with Crippen LogP contribution in [0.15, 0.2) is 28.9 Å². The molecule has 0 aliphatic heterocycles. The van der Waals surface area contributed by atoms with Gasteiger partial charge in [0.05, 0.1) is 18.0 Å². The minimum atomic E-state index is -3.06. The van der Waals surface area contributed by atoms with Crippen molar-refractivity contribution in [2.75, 3.05) is 17.7 Å². The summed E-state index contributed by atoms with van der Waals surface area (Å²) in [4.78, 5) is 0. The van der Waals surface area contributed by atoms with Gasteiger partial charge in [-0.15, -0.1) is 0 Å². The highest BCUT2D eigenvalue weighted by molar-refractivity contribution is 9.10. The highest BCUT2D eigenvalue weighted by Crippen LogP contribution is 2.31. The van der Waals surface area contributed by atoms with Crippen molar-refractivity contribution in [3.05, 3.63) is 34.7 Å². The largest absolute Gasteiger partial charge is 0.396 e. The second-order valence-electron chi connectivity index (χ2n) is 4.45. The lowest BCUT2D eigenvalue weighted by Gasteiger charge is -2.02. The molecule has 0 unspecified atom stereocenters. The number of aromatic nitrogens is 2. The van der Waals surface area contributed by atoms with Crippen LogP contribution in [0.3, 0.4) is 0 Å². The number of rotatable bonds is 4. The summed E-state index contributed by atoms with van der Waals surface area (Å²) >= 11 is 3.26. The topological polar surface area (TPSA) is 78.0 Å². The molecule has 1 heterocycles. The molecule has 0 fully saturated rings.